The summed E-state index contributed by atoms with van der Waals surface area (Å²) in [5.74, 6) is -3.62. The van der Waals surface area contributed by atoms with Crippen LogP contribution in [0.3, 0.4) is 0 Å². The van der Waals surface area contributed by atoms with E-state index in [4.69, 9.17) is 10.5 Å². The molecule has 0 aliphatic heterocycles. The van der Waals surface area contributed by atoms with Crippen LogP contribution in [0.2, 0.25) is 0 Å². The third-order valence-corrected chi connectivity index (χ3v) is 6.34. The van der Waals surface area contributed by atoms with E-state index in [2.05, 4.69) is 21.3 Å². The van der Waals surface area contributed by atoms with Crippen molar-refractivity contribution in [3.05, 3.63) is 62.9 Å². The number of methoxy groups -OCH3 is 1. The van der Waals surface area contributed by atoms with E-state index in [9.17, 15) is 38.7 Å². The second-order valence-electron chi connectivity index (χ2n) is 10.5. The van der Waals surface area contributed by atoms with Gasteiger partial charge >= 0.3 is 11.7 Å². The van der Waals surface area contributed by atoms with Gasteiger partial charge in [0.05, 0.1) is 26.2 Å². The standard InChI is InChI=1S/C28H39N7O9/c1-15(2)11-20(27(42)44-4)33-26(41)21(14-35-10-9-22(37)34-28(35)43)32-23(38)13-30-24(39)16(3)31-25(40)19(29)12-17-5-7-18(36)8-6-17/h5-10,15-16,19-21,36H,11-14,29H2,1-4H3,(H,30,39)(H,31,40)(H,32,38)(H,33,41)(H,34,37,43)/t16-,19+,20+,21+/m1/s1. The van der Waals surface area contributed by atoms with Gasteiger partial charge in [-0.05, 0) is 43.4 Å². The highest BCUT2D eigenvalue weighted by Crippen LogP contribution is 2.11. The van der Waals surface area contributed by atoms with Crippen LogP contribution in [-0.4, -0.2) is 82.1 Å². The smallest absolute Gasteiger partial charge is 0.328 e. The van der Waals surface area contributed by atoms with Gasteiger partial charge in [0.1, 0.15) is 23.9 Å². The number of aromatic amines is 1. The number of carbonyl (C=O) groups excluding carboxylic acids is 5. The number of nitrogens with one attached hydrogen (secondary N) is 5. The third-order valence-electron chi connectivity index (χ3n) is 6.34. The lowest BCUT2D eigenvalue weighted by Gasteiger charge is -2.24. The average molecular weight is 618 g/mol. The highest BCUT2D eigenvalue weighted by atomic mass is 16.5. The van der Waals surface area contributed by atoms with Crippen LogP contribution in [0.5, 0.6) is 5.75 Å². The molecule has 4 amide bonds. The van der Waals surface area contributed by atoms with Gasteiger partial charge in [0.25, 0.3) is 5.56 Å². The SMILES string of the molecule is COC(=O)[C@H](CC(C)C)NC(=O)[C@H](Cn1ccc(=O)[nH]c1=O)NC(=O)CNC(=O)[C@@H](C)NC(=O)[C@@H](N)Cc1ccc(O)cc1. The number of hydrogen-bond acceptors (Lipinski definition) is 10. The van der Waals surface area contributed by atoms with Crippen LogP contribution in [0.1, 0.15) is 32.8 Å². The van der Waals surface area contributed by atoms with E-state index in [1.807, 2.05) is 18.8 Å². The predicted molar refractivity (Wildman–Crippen MR) is 157 cm³/mol. The number of nitrogens with zero attached hydrogens (tertiary/aromatic N) is 1. The van der Waals surface area contributed by atoms with Crippen molar-refractivity contribution in [2.45, 2.75) is 64.3 Å². The highest BCUT2D eigenvalue weighted by molar-refractivity contribution is 5.94. The first-order valence-electron chi connectivity index (χ1n) is 13.8. The number of nitrogens with two attached hydrogens (primary N) is 1. The number of hydrogen-bond donors (Lipinski definition) is 7. The van der Waals surface area contributed by atoms with Crippen molar-refractivity contribution in [1.29, 1.82) is 0 Å². The zero-order valence-electron chi connectivity index (χ0n) is 24.9. The summed E-state index contributed by atoms with van der Waals surface area (Å²) >= 11 is 0. The molecule has 16 nitrogen and oxygen atoms in total. The number of H-pyrrole nitrogens is 1. The molecule has 0 aliphatic carbocycles. The third kappa shape index (κ3) is 11.4. The minimum absolute atomic E-state index is 0.00527. The number of esters is 1. The van der Waals surface area contributed by atoms with E-state index in [0.717, 1.165) is 23.9 Å². The molecule has 1 aromatic carbocycles. The lowest BCUT2D eigenvalue weighted by Crippen LogP contribution is -2.56. The van der Waals surface area contributed by atoms with Crippen LogP contribution in [-0.2, 0) is 41.7 Å². The number of rotatable bonds is 15. The van der Waals surface area contributed by atoms with E-state index in [1.165, 1.54) is 19.1 Å². The van der Waals surface area contributed by atoms with Crippen molar-refractivity contribution in [2.24, 2.45) is 11.7 Å². The van der Waals surface area contributed by atoms with Crippen molar-refractivity contribution >= 4 is 29.6 Å². The molecular weight excluding hydrogens is 578 g/mol. The van der Waals surface area contributed by atoms with Crippen LogP contribution in [0.4, 0.5) is 0 Å². The van der Waals surface area contributed by atoms with Crippen molar-refractivity contribution in [2.75, 3.05) is 13.7 Å². The Kier molecular flexibility index (Phi) is 13.3. The van der Waals surface area contributed by atoms with Crippen molar-refractivity contribution in [3.63, 3.8) is 0 Å². The molecule has 0 unspecified atom stereocenters. The molecule has 44 heavy (non-hydrogen) atoms. The van der Waals surface area contributed by atoms with Gasteiger partial charge < -0.3 is 36.8 Å². The largest absolute Gasteiger partial charge is 0.508 e. The fourth-order valence-corrected chi connectivity index (χ4v) is 4.01. The lowest BCUT2D eigenvalue weighted by molar-refractivity contribution is -0.146. The minimum atomic E-state index is -1.41. The van der Waals surface area contributed by atoms with Gasteiger partial charge in [-0.15, -0.1) is 0 Å². The molecule has 1 aromatic heterocycles. The maximum absolute atomic E-state index is 13.2. The molecule has 0 spiro atoms. The molecule has 0 saturated carbocycles. The number of aromatic nitrogens is 2. The second kappa shape index (κ2) is 16.6. The maximum Gasteiger partial charge on any atom is 0.328 e. The van der Waals surface area contributed by atoms with Crippen LogP contribution in [0.15, 0.2) is 46.1 Å². The molecule has 0 saturated heterocycles. The number of amides is 4. The highest BCUT2D eigenvalue weighted by Gasteiger charge is 2.29. The molecular formula is C28H39N7O9. The average Bonchev–Trinajstić information content (AvgIpc) is 2.96. The summed E-state index contributed by atoms with van der Waals surface area (Å²) in [6, 6.07) is 2.68. The molecule has 0 fully saturated rings. The van der Waals surface area contributed by atoms with Crippen LogP contribution in [0, 0.1) is 5.92 Å². The van der Waals surface area contributed by atoms with Gasteiger partial charge in [-0.3, -0.25) is 33.5 Å². The van der Waals surface area contributed by atoms with Crippen LogP contribution >= 0.6 is 0 Å². The Hall–Kier alpha value is -4.99. The van der Waals surface area contributed by atoms with E-state index in [0.29, 0.717) is 5.56 Å². The van der Waals surface area contributed by atoms with Crippen molar-refractivity contribution in [1.82, 2.24) is 30.8 Å². The van der Waals surface area contributed by atoms with E-state index >= 15 is 0 Å². The summed E-state index contributed by atoms with van der Waals surface area (Å²) in [4.78, 5) is 88.9. The quantitative estimate of drug-likeness (QED) is 0.105. The topological polar surface area (TPSA) is 244 Å². The van der Waals surface area contributed by atoms with Gasteiger partial charge in [0.2, 0.25) is 23.6 Å². The molecule has 16 heteroatoms. The van der Waals surface area contributed by atoms with E-state index in [1.54, 1.807) is 12.1 Å². The monoisotopic (exact) mass is 617 g/mol. The number of ether oxygens (including phenoxy) is 1. The number of phenolic OH excluding ortho intramolecular Hbond substituents is 1. The van der Waals surface area contributed by atoms with Gasteiger partial charge in [0, 0.05) is 12.3 Å². The van der Waals surface area contributed by atoms with Crippen LogP contribution in [0.25, 0.3) is 0 Å². The maximum atomic E-state index is 13.2. The molecule has 8 N–H and O–H groups in total. The summed E-state index contributed by atoms with van der Waals surface area (Å²) in [6.45, 7) is 4.03. The number of phenols is 1. The molecule has 1 heterocycles. The first-order valence-corrected chi connectivity index (χ1v) is 13.8. The summed E-state index contributed by atoms with van der Waals surface area (Å²) in [7, 11) is 1.16. The Balaban J connectivity index is 2.03. The normalized spacial score (nSPS) is 13.6. The zero-order valence-corrected chi connectivity index (χ0v) is 24.9. The Morgan fingerprint density at radius 1 is 0.932 bits per heavy atom. The molecule has 0 radical (unpaired) electrons. The predicted octanol–water partition coefficient (Wildman–Crippen LogP) is -2.38. The Labute approximate surface area is 252 Å². The van der Waals surface area contributed by atoms with E-state index in [-0.39, 0.29) is 24.5 Å². The Morgan fingerprint density at radius 2 is 1.59 bits per heavy atom. The Bertz CT molecular complexity index is 1440. The van der Waals surface area contributed by atoms with E-state index < -0.39 is 78.1 Å². The van der Waals surface area contributed by atoms with Crippen molar-refractivity contribution in [3.8, 4) is 5.75 Å². The lowest BCUT2D eigenvalue weighted by atomic mass is 10.0. The van der Waals surface area contributed by atoms with Crippen LogP contribution < -0.4 is 38.2 Å². The van der Waals surface area contributed by atoms with Gasteiger partial charge in [-0.2, -0.15) is 0 Å². The fourth-order valence-electron chi connectivity index (χ4n) is 4.01. The summed E-state index contributed by atoms with van der Waals surface area (Å²) in [6.07, 6.45) is 1.52. The number of aromatic hydroxyl groups is 1. The molecule has 0 bridgehead atoms. The molecule has 0 aliphatic rings. The summed E-state index contributed by atoms with van der Waals surface area (Å²) < 4.78 is 5.74. The molecule has 240 valence electrons. The van der Waals surface area contributed by atoms with Gasteiger partial charge in [-0.1, -0.05) is 26.0 Å². The van der Waals surface area contributed by atoms with Gasteiger partial charge in [0.15, 0.2) is 0 Å². The number of carbonyl (C=O) groups is 5. The number of benzene rings is 1. The zero-order chi connectivity index (χ0) is 33.0. The second-order valence-corrected chi connectivity index (χ2v) is 10.5. The minimum Gasteiger partial charge on any atom is -0.508 e. The Morgan fingerprint density at radius 3 is 2.18 bits per heavy atom. The first kappa shape index (κ1) is 35.2. The molecule has 2 rings (SSSR count). The van der Waals surface area contributed by atoms with Gasteiger partial charge in [-0.25, -0.2) is 9.59 Å². The summed E-state index contributed by atoms with van der Waals surface area (Å²) in [5, 5.41) is 19.1. The molecule has 4 atom stereocenters. The first-order chi connectivity index (χ1) is 20.7. The van der Waals surface area contributed by atoms with Crippen molar-refractivity contribution < 1.29 is 33.8 Å². The summed E-state index contributed by atoms with van der Waals surface area (Å²) in [5.41, 5.74) is 5.13. The fraction of sp³-hybridized carbons (Fsp3) is 0.464. The molecule has 2 aromatic rings.